The zero-order valence-electron chi connectivity index (χ0n) is 14.1. The minimum absolute atomic E-state index is 0.298. The lowest BCUT2D eigenvalue weighted by atomic mass is 9.77. The zero-order valence-corrected chi connectivity index (χ0v) is 14.1. The molecule has 0 unspecified atom stereocenters. The first kappa shape index (κ1) is 16.3. The molecule has 0 atom stereocenters. The van der Waals surface area contributed by atoms with E-state index < -0.39 is 0 Å². The molecular formula is C18H36N2. The van der Waals surface area contributed by atoms with Gasteiger partial charge in [0, 0.05) is 24.2 Å². The maximum atomic E-state index is 3.82. The standard InChI is InChI=1S/C18H36N2/c1-4-5-6-7-11-14-20-16-17(2,3)19-15-18(20)12-9-8-10-13-18/h19H,4-16H2,1-3H3. The molecule has 1 aliphatic heterocycles. The molecule has 118 valence electrons. The molecule has 0 amide bonds. The summed E-state index contributed by atoms with van der Waals surface area (Å²) in [6, 6.07) is 0. The monoisotopic (exact) mass is 280 g/mol. The van der Waals surface area contributed by atoms with Gasteiger partial charge in [-0.3, -0.25) is 4.90 Å². The summed E-state index contributed by atoms with van der Waals surface area (Å²) in [6.45, 7) is 10.8. The van der Waals surface area contributed by atoms with Gasteiger partial charge >= 0.3 is 0 Å². The van der Waals surface area contributed by atoms with Crippen molar-refractivity contribution in [3.05, 3.63) is 0 Å². The highest BCUT2D eigenvalue weighted by Crippen LogP contribution is 2.37. The average molecular weight is 281 g/mol. The van der Waals surface area contributed by atoms with E-state index in [4.69, 9.17) is 0 Å². The van der Waals surface area contributed by atoms with E-state index in [0.717, 1.165) is 0 Å². The third kappa shape index (κ3) is 4.21. The molecule has 1 N–H and O–H groups in total. The summed E-state index contributed by atoms with van der Waals surface area (Å²) in [5, 5.41) is 3.82. The Labute approximate surface area is 126 Å². The lowest BCUT2D eigenvalue weighted by molar-refractivity contribution is -0.0109. The van der Waals surface area contributed by atoms with Gasteiger partial charge in [0.1, 0.15) is 0 Å². The highest BCUT2D eigenvalue weighted by atomic mass is 15.3. The van der Waals surface area contributed by atoms with Crippen molar-refractivity contribution < 1.29 is 0 Å². The molecule has 0 bridgehead atoms. The van der Waals surface area contributed by atoms with Gasteiger partial charge in [-0.1, -0.05) is 51.9 Å². The van der Waals surface area contributed by atoms with E-state index in [1.807, 2.05) is 0 Å². The van der Waals surface area contributed by atoms with E-state index in [0.29, 0.717) is 11.1 Å². The summed E-state index contributed by atoms with van der Waals surface area (Å²) < 4.78 is 0. The van der Waals surface area contributed by atoms with Crippen LogP contribution >= 0.6 is 0 Å². The Kier molecular flexibility index (Phi) is 5.92. The van der Waals surface area contributed by atoms with Crippen molar-refractivity contribution in [2.75, 3.05) is 19.6 Å². The maximum absolute atomic E-state index is 3.82. The smallest absolute Gasteiger partial charge is 0.0334 e. The Bertz CT molecular complexity index is 279. The lowest BCUT2D eigenvalue weighted by Gasteiger charge is -2.54. The molecule has 0 aromatic rings. The van der Waals surface area contributed by atoms with Gasteiger partial charge in [0.05, 0.1) is 0 Å². The van der Waals surface area contributed by atoms with Gasteiger partial charge in [-0.15, -0.1) is 0 Å². The van der Waals surface area contributed by atoms with E-state index in [1.165, 1.54) is 83.8 Å². The number of unbranched alkanes of at least 4 members (excludes halogenated alkanes) is 4. The number of nitrogens with zero attached hydrogens (tertiary/aromatic N) is 1. The number of hydrogen-bond acceptors (Lipinski definition) is 2. The van der Waals surface area contributed by atoms with Gasteiger partial charge in [-0.05, 0) is 39.7 Å². The summed E-state index contributed by atoms with van der Waals surface area (Å²) in [7, 11) is 0. The van der Waals surface area contributed by atoms with Crippen LogP contribution in [0.4, 0.5) is 0 Å². The second-order valence-electron chi connectivity index (χ2n) is 7.86. The molecule has 2 aliphatic rings. The zero-order chi connectivity index (χ0) is 14.5. The van der Waals surface area contributed by atoms with E-state index >= 15 is 0 Å². The van der Waals surface area contributed by atoms with Crippen LogP contribution in [-0.2, 0) is 0 Å². The molecule has 2 nitrogen and oxygen atoms in total. The van der Waals surface area contributed by atoms with Crippen LogP contribution in [0.15, 0.2) is 0 Å². The molecule has 1 heterocycles. The molecule has 1 spiro atoms. The topological polar surface area (TPSA) is 15.3 Å². The molecule has 2 heteroatoms. The van der Waals surface area contributed by atoms with Crippen molar-refractivity contribution >= 4 is 0 Å². The quantitative estimate of drug-likeness (QED) is 0.728. The first-order chi connectivity index (χ1) is 9.58. The van der Waals surface area contributed by atoms with Gasteiger partial charge in [0.15, 0.2) is 0 Å². The Morgan fingerprint density at radius 1 is 0.950 bits per heavy atom. The number of hydrogen-bond donors (Lipinski definition) is 1. The van der Waals surface area contributed by atoms with Crippen molar-refractivity contribution in [3.63, 3.8) is 0 Å². The second kappa shape index (κ2) is 7.26. The minimum atomic E-state index is 0.298. The van der Waals surface area contributed by atoms with Gasteiger partial charge < -0.3 is 5.32 Å². The number of piperazine rings is 1. The number of rotatable bonds is 6. The SMILES string of the molecule is CCCCCCCN1CC(C)(C)NCC12CCCCC2. The van der Waals surface area contributed by atoms with Crippen LogP contribution in [0.1, 0.15) is 85.0 Å². The predicted molar refractivity (Wildman–Crippen MR) is 88.2 cm³/mol. The highest BCUT2D eigenvalue weighted by molar-refractivity contribution is 5.03. The third-order valence-corrected chi connectivity index (χ3v) is 5.47. The summed E-state index contributed by atoms with van der Waals surface area (Å²) in [6.07, 6.45) is 14.2. The molecule has 0 aromatic heterocycles. The van der Waals surface area contributed by atoms with Crippen LogP contribution < -0.4 is 5.32 Å². The molecule has 1 saturated heterocycles. The van der Waals surface area contributed by atoms with Gasteiger partial charge in [-0.25, -0.2) is 0 Å². The fourth-order valence-corrected chi connectivity index (χ4v) is 4.14. The Balaban J connectivity index is 1.88. The minimum Gasteiger partial charge on any atom is -0.309 e. The van der Waals surface area contributed by atoms with Crippen molar-refractivity contribution in [2.24, 2.45) is 0 Å². The molecule has 20 heavy (non-hydrogen) atoms. The van der Waals surface area contributed by atoms with E-state index in [1.54, 1.807) is 0 Å². The molecule has 1 saturated carbocycles. The Hall–Kier alpha value is -0.0800. The Morgan fingerprint density at radius 2 is 1.65 bits per heavy atom. The molecule has 2 rings (SSSR count). The van der Waals surface area contributed by atoms with Crippen LogP contribution in [0, 0.1) is 0 Å². The first-order valence-corrected chi connectivity index (χ1v) is 9.08. The summed E-state index contributed by atoms with van der Waals surface area (Å²) in [5.41, 5.74) is 0.796. The van der Waals surface area contributed by atoms with Crippen molar-refractivity contribution in [1.82, 2.24) is 10.2 Å². The predicted octanol–water partition coefficient (Wildman–Crippen LogP) is 4.34. The highest BCUT2D eigenvalue weighted by Gasteiger charge is 2.43. The largest absolute Gasteiger partial charge is 0.309 e. The average Bonchev–Trinajstić information content (AvgIpc) is 2.44. The molecule has 2 fully saturated rings. The summed E-state index contributed by atoms with van der Waals surface area (Å²) >= 11 is 0. The van der Waals surface area contributed by atoms with Crippen LogP contribution in [0.2, 0.25) is 0 Å². The molecular weight excluding hydrogens is 244 g/mol. The molecule has 0 radical (unpaired) electrons. The van der Waals surface area contributed by atoms with Crippen LogP contribution in [0.25, 0.3) is 0 Å². The van der Waals surface area contributed by atoms with E-state index in [2.05, 4.69) is 31.0 Å². The van der Waals surface area contributed by atoms with Crippen molar-refractivity contribution in [3.8, 4) is 0 Å². The van der Waals surface area contributed by atoms with Crippen LogP contribution in [0.5, 0.6) is 0 Å². The summed E-state index contributed by atoms with van der Waals surface area (Å²) in [5.74, 6) is 0. The third-order valence-electron chi connectivity index (χ3n) is 5.47. The normalized spacial score (nSPS) is 25.9. The first-order valence-electron chi connectivity index (χ1n) is 9.08. The Morgan fingerprint density at radius 3 is 2.35 bits per heavy atom. The molecule has 0 aromatic carbocycles. The van der Waals surface area contributed by atoms with E-state index in [9.17, 15) is 0 Å². The van der Waals surface area contributed by atoms with E-state index in [-0.39, 0.29) is 0 Å². The van der Waals surface area contributed by atoms with Crippen LogP contribution in [0.3, 0.4) is 0 Å². The van der Waals surface area contributed by atoms with Gasteiger partial charge in [0.2, 0.25) is 0 Å². The fourth-order valence-electron chi connectivity index (χ4n) is 4.14. The lowest BCUT2D eigenvalue weighted by Crippen LogP contribution is -2.68. The van der Waals surface area contributed by atoms with Crippen molar-refractivity contribution in [2.45, 2.75) is 96.1 Å². The van der Waals surface area contributed by atoms with Gasteiger partial charge in [0.25, 0.3) is 0 Å². The molecule has 1 aliphatic carbocycles. The van der Waals surface area contributed by atoms with Crippen LogP contribution in [-0.4, -0.2) is 35.6 Å². The maximum Gasteiger partial charge on any atom is 0.0334 e. The fraction of sp³-hybridized carbons (Fsp3) is 1.00. The van der Waals surface area contributed by atoms with Crippen molar-refractivity contribution in [1.29, 1.82) is 0 Å². The number of nitrogens with one attached hydrogen (secondary N) is 1. The second-order valence-corrected chi connectivity index (χ2v) is 7.86. The summed E-state index contributed by atoms with van der Waals surface area (Å²) in [4.78, 5) is 2.87. The van der Waals surface area contributed by atoms with Gasteiger partial charge in [-0.2, -0.15) is 0 Å².